The predicted octanol–water partition coefficient (Wildman–Crippen LogP) is 5.90. The maximum atomic E-state index is 12.4. The normalized spacial score (nSPS) is 20.5. The Balaban J connectivity index is 2.43. The van der Waals surface area contributed by atoms with Gasteiger partial charge in [-0.05, 0) is 83.5 Å². The Labute approximate surface area is 201 Å². The van der Waals surface area contributed by atoms with Gasteiger partial charge in [0.15, 0.2) is 0 Å². The molecule has 1 aromatic carbocycles. The summed E-state index contributed by atoms with van der Waals surface area (Å²) >= 11 is 0. The molecule has 0 radical (unpaired) electrons. The fourth-order valence-corrected chi connectivity index (χ4v) is 4.70. The lowest BCUT2D eigenvalue weighted by Crippen LogP contribution is -2.43. The van der Waals surface area contributed by atoms with Crippen LogP contribution in [0.1, 0.15) is 58.1 Å². The molecule has 1 fully saturated rings. The van der Waals surface area contributed by atoms with E-state index in [4.69, 9.17) is 4.99 Å². The Bertz CT molecular complexity index is 1110. The third-order valence-electron chi connectivity index (χ3n) is 5.97. The number of aryl methyl sites for hydroxylation is 1. The number of hydrogen-bond acceptors (Lipinski definition) is 4. The molecule has 0 amide bonds. The van der Waals surface area contributed by atoms with Crippen LogP contribution in [0.4, 0.5) is 5.69 Å². The first-order chi connectivity index (χ1) is 15.5. The second kappa shape index (κ2) is 11.5. The summed E-state index contributed by atoms with van der Waals surface area (Å²) < 4.78 is 15.5. The minimum absolute atomic E-state index is 0.114. The number of anilines is 1. The average Bonchev–Trinajstić information content (AvgIpc) is 2.76. The van der Waals surface area contributed by atoms with Gasteiger partial charge in [-0.25, -0.2) is 4.21 Å². The standard InChI is InChI=1S/C27H40N4OS/c1-10-20(3)22(5)29-21(4)18-26(28-7)27-13-11-12-16-31(27)23(6)24-17-19(2)14-15-25(24)30-33(8,9)32/h10,14-15,17-18,27H,6,8,11-13,16H2,1-5,7,9H3,(H,30,32)/b20-10-,21-18+,28-26?,29-22-. The molecule has 0 aliphatic carbocycles. The molecule has 2 rings (SSSR count). The first-order valence-electron chi connectivity index (χ1n) is 11.5. The molecule has 1 heterocycles. The SMILES string of the molecule is C=C(c1cc(C)ccc1NS(=C)(C)=O)N1CCCCC1C(/C=C(C)/N=C(C)\C(C)=C/C)=NC. The lowest BCUT2D eigenvalue weighted by Gasteiger charge is -2.39. The smallest absolute Gasteiger partial charge is 0.0709 e. The summed E-state index contributed by atoms with van der Waals surface area (Å²) in [6, 6.07) is 6.18. The average molecular weight is 469 g/mol. The molecule has 0 saturated carbocycles. The molecule has 1 aliphatic heterocycles. The van der Waals surface area contributed by atoms with Crippen molar-refractivity contribution >= 4 is 38.4 Å². The number of nitrogens with zero attached hydrogens (tertiary/aromatic N) is 3. The van der Waals surface area contributed by atoms with Gasteiger partial charge in [-0.15, -0.1) is 0 Å². The zero-order valence-electron chi connectivity index (χ0n) is 21.4. The van der Waals surface area contributed by atoms with Gasteiger partial charge in [-0.3, -0.25) is 9.98 Å². The molecular weight excluding hydrogens is 428 g/mol. The van der Waals surface area contributed by atoms with E-state index in [1.54, 1.807) is 6.26 Å². The van der Waals surface area contributed by atoms with Gasteiger partial charge in [0.25, 0.3) is 0 Å². The quantitative estimate of drug-likeness (QED) is 0.382. The minimum atomic E-state index is -2.41. The van der Waals surface area contributed by atoms with Gasteiger partial charge >= 0.3 is 0 Å². The van der Waals surface area contributed by atoms with Crippen LogP contribution in [0.25, 0.3) is 5.70 Å². The Morgan fingerprint density at radius 2 is 1.97 bits per heavy atom. The highest BCUT2D eigenvalue weighted by Gasteiger charge is 2.28. The van der Waals surface area contributed by atoms with Crippen LogP contribution in [0.5, 0.6) is 0 Å². The van der Waals surface area contributed by atoms with Gasteiger partial charge in [0.05, 0.1) is 17.4 Å². The molecule has 33 heavy (non-hydrogen) atoms. The highest BCUT2D eigenvalue weighted by molar-refractivity contribution is 8.00. The maximum absolute atomic E-state index is 12.4. The summed E-state index contributed by atoms with van der Waals surface area (Å²) in [5, 5.41) is 0. The van der Waals surface area contributed by atoms with Gasteiger partial charge in [-0.2, -0.15) is 0 Å². The molecule has 0 bridgehead atoms. The Morgan fingerprint density at radius 3 is 2.58 bits per heavy atom. The summed E-state index contributed by atoms with van der Waals surface area (Å²) in [6.07, 6.45) is 9.01. The molecule has 2 atom stereocenters. The van der Waals surface area contributed by atoms with Gasteiger partial charge in [-0.1, -0.05) is 24.3 Å². The number of benzene rings is 1. The highest BCUT2D eigenvalue weighted by Crippen LogP contribution is 2.33. The summed E-state index contributed by atoms with van der Waals surface area (Å²) in [5.74, 6) is 3.76. The van der Waals surface area contributed by atoms with Crippen LogP contribution >= 0.6 is 0 Å². The van der Waals surface area contributed by atoms with E-state index in [-0.39, 0.29) is 6.04 Å². The number of piperidine rings is 1. The lowest BCUT2D eigenvalue weighted by molar-refractivity contribution is 0.283. The van der Waals surface area contributed by atoms with E-state index in [0.29, 0.717) is 0 Å². The third kappa shape index (κ3) is 7.46. The molecule has 180 valence electrons. The van der Waals surface area contributed by atoms with Crippen LogP contribution in [0, 0.1) is 6.92 Å². The molecule has 0 spiro atoms. The van der Waals surface area contributed by atoms with Crippen LogP contribution in [0.3, 0.4) is 0 Å². The van der Waals surface area contributed by atoms with Crippen molar-refractivity contribution < 1.29 is 4.21 Å². The molecular formula is C27H40N4OS. The van der Waals surface area contributed by atoms with Crippen LogP contribution in [-0.2, 0) is 9.71 Å². The maximum Gasteiger partial charge on any atom is 0.0709 e. The fourth-order valence-electron chi connectivity index (χ4n) is 4.05. The van der Waals surface area contributed by atoms with E-state index >= 15 is 0 Å². The zero-order chi connectivity index (χ0) is 24.8. The Hall–Kier alpha value is -2.60. The number of nitrogens with one attached hydrogen (secondary N) is 1. The van der Waals surface area contributed by atoms with Gasteiger partial charge < -0.3 is 9.62 Å². The number of aliphatic imine (C=N–C) groups is 2. The van der Waals surface area contributed by atoms with Crippen LogP contribution < -0.4 is 4.72 Å². The lowest BCUT2D eigenvalue weighted by atomic mass is 9.94. The molecule has 1 saturated heterocycles. The van der Waals surface area contributed by atoms with E-state index in [1.807, 2.05) is 40.0 Å². The van der Waals surface area contributed by atoms with E-state index in [9.17, 15) is 4.21 Å². The second-order valence-corrected chi connectivity index (χ2v) is 11.1. The van der Waals surface area contributed by atoms with Gasteiger partial charge in [0.1, 0.15) is 0 Å². The summed E-state index contributed by atoms with van der Waals surface area (Å²) in [4.78, 5) is 11.8. The van der Waals surface area contributed by atoms with Crippen molar-refractivity contribution in [3.8, 4) is 0 Å². The number of hydrogen-bond donors (Lipinski definition) is 1. The van der Waals surface area contributed by atoms with Crippen molar-refractivity contribution in [3.63, 3.8) is 0 Å². The molecule has 1 aliphatic rings. The fraction of sp³-hybridized carbons (Fsp3) is 0.444. The third-order valence-corrected chi connectivity index (χ3v) is 6.62. The molecule has 6 heteroatoms. The van der Waals surface area contributed by atoms with Crippen LogP contribution in [-0.4, -0.2) is 52.3 Å². The summed E-state index contributed by atoms with van der Waals surface area (Å²) in [7, 11) is -0.566. The van der Waals surface area contributed by atoms with Crippen molar-refractivity contribution in [2.45, 2.75) is 59.9 Å². The summed E-state index contributed by atoms with van der Waals surface area (Å²) in [6.45, 7) is 15.6. The van der Waals surface area contributed by atoms with Crippen LogP contribution in [0.15, 0.2) is 58.2 Å². The zero-order valence-corrected chi connectivity index (χ0v) is 22.2. The van der Waals surface area contributed by atoms with E-state index in [0.717, 1.165) is 65.4 Å². The van der Waals surface area contributed by atoms with Crippen molar-refractivity contribution in [1.29, 1.82) is 0 Å². The summed E-state index contributed by atoms with van der Waals surface area (Å²) in [5.41, 5.74) is 7.90. The predicted molar refractivity (Wildman–Crippen MR) is 149 cm³/mol. The molecule has 1 aromatic rings. The Kier molecular flexibility index (Phi) is 9.29. The van der Waals surface area contributed by atoms with Crippen molar-refractivity contribution in [1.82, 2.24) is 4.90 Å². The minimum Gasteiger partial charge on any atom is -0.363 e. The monoisotopic (exact) mass is 468 g/mol. The van der Waals surface area contributed by atoms with Crippen molar-refractivity contribution in [3.05, 3.63) is 59.3 Å². The van der Waals surface area contributed by atoms with Crippen LogP contribution in [0.2, 0.25) is 0 Å². The van der Waals surface area contributed by atoms with Crippen molar-refractivity contribution in [2.24, 2.45) is 9.98 Å². The molecule has 0 aromatic heterocycles. The number of allylic oxidation sites excluding steroid dienone is 3. The molecule has 1 N–H and O–H groups in total. The van der Waals surface area contributed by atoms with E-state index < -0.39 is 9.71 Å². The van der Waals surface area contributed by atoms with E-state index in [1.165, 1.54) is 5.57 Å². The topological polar surface area (TPSA) is 57.1 Å². The molecule has 2 unspecified atom stereocenters. The highest BCUT2D eigenvalue weighted by atomic mass is 32.2. The number of likely N-dealkylation sites (tertiary alicyclic amines) is 1. The van der Waals surface area contributed by atoms with Gasteiger partial charge in [0, 0.05) is 52.2 Å². The van der Waals surface area contributed by atoms with Gasteiger partial charge in [0.2, 0.25) is 0 Å². The molecule has 5 nitrogen and oxygen atoms in total. The first kappa shape index (κ1) is 26.7. The first-order valence-corrected chi connectivity index (χ1v) is 13.6. The second-order valence-electron chi connectivity index (χ2n) is 8.91. The Morgan fingerprint density at radius 1 is 1.27 bits per heavy atom. The van der Waals surface area contributed by atoms with E-state index in [2.05, 4.69) is 59.1 Å². The number of rotatable bonds is 8. The van der Waals surface area contributed by atoms with Crippen molar-refractivity contribution in [2.75, 3.05) is 24.6 Å². The largest absolute Gasteiger partial charge is 0.363 e.